The fourth-order valence-corrected chi connectivity index (χ4v) is 5.51. The molecule has 1 saturated carbocycles. The summed E-state index contributed by atoms with van der Waals surface area (Å²) in [5.41, 5.74) is 1.09. The van der Waals surface area contributed by atoms with Gasteiger partial charge in [0.15, 0.2) is 5.13 Å². The number of anilines is 1. The van der Waals surface area contributed by atoms with Crippen LogP contribution in [-0.2, 0) is 11.3 Å². The van der Waals surface area contributed by atoms with Crippen molar-refractivity contribution in [2.24, 2.45) is 11.8 Å². The standard InChI is InChI=1S/C19H30N4OS/c1-13-5-4-8-23(10-13)11-15-12-25-19(20-15)22-18(24)17-9-14-6-2-3-7-16(14)21-17/h12-14,16-17,21H,2-11H2,1H3,(H,20,22,24). The summed E-state index contributed by atoms with van der Waals surface area (Å²) in [7, 11) is 0. The summed E-state index contributed by atoms with van der Waals surface area (Å²) in [6.45, 7) is 5.56. The van der Waals surface area contributed by atoms with Crippen LogP contribution in [0, 0.1) is 11.8 Å². The van der Waals surface area contributed by atoms with E-state index in [1.165, 1.54) is 45.1 Å². The molecular formula is C19H30N4OS. The van der Waals surface area contributed by atoms with Crippen LogP contribution in [0.5, 0.6) is 0 Å². The molecule has 5 nitrogen and oxygen atoms in total. The summed E-state index contributed by atoms with van der Waals surface area (Å²) in [4.78, 5) is 19.7. The number of rotatable bonds is 4. The van der Waals surface area contributed by atoms with Gasteiger partial charge in [-0.3, -0.25) is 9.69 Å². The van der Waals surface area contributed by atoms with Crippen LogP contribution in [0.4, 0.5) is 5.13 Å². The van der Waals surface area contributed by atoms with Crippen molar-refractivity contribution >= 4 is 22.4 Å². The number of hydrogen-bond acceptors (Lipinski definition) is 5. The van der Waals surface area contributed by atoms with Gasteiger partial charge in [-0.25, -0.2) is 4.98 Å². The molecule has 3 aliphatic rings. The summed E-state index contributed by atoms with van der Waals surface area (Å²) in [6.07, 6.45) is 8.73. The second-order valence-electron chi connectivity index (χ2n) is 8.22. The number of hydrogen-bond donors (Lipinski definition) is 2. The lowest BCUT2D eigenvalue weighted by atomic mass is 9.85. The van der Waals surface area contributed by atoms with Crippen LogP contribution in [0.25, 0.3) is 0 Å². The molecule has 1 amide bonds. The zero-order valence-electron chi connectivity index (χ0n) is 15.2. The number of likely N-dealkylation sites (tertiary alicyclic amines) is 1. The molecule has 2 saturated heterocycles. The Morgan fingerprint density at radius 3 is 3.08 bits per heavy atom. The SMILES string of the molecule is CC1CCCN(Cc2csc(NC(=O)C3CC4CCCCC4N3)n2)C1. The third-order valence-electron chi connectivity index (χ3n) is 6.09. The lowest BCUT2D eigenvalue weighted by Crippen LogP contribution is -2.39. The predicted octanol–water partition coefficient (Wildman–Crippen LogP) is 3.23. The van der Waals surface area contributed by atoms with Gasteiger partial charge in [0.05, 0.1) is 11.7 Å². The van der Waals surface area contributed by atoms with Gasteiger partial charge in [0.25, 0.3) is 0 Å². The van der Waals surface area contributed by atoms with Crippen molar-refractivity contribution in [3.8, 4) is 0 Å². The van der Waals surface area contributed by atoms with Gasteiger partial charge in [0, 0.05) is 24.5 Å². The molecule has 4 atom stereocenters. The van der Waals surface area contributed by atoms with E-state index in [0.717, 1.165) is 36.3 Å². The molecule has 4 unspecified atom stereocenters. The van der Waals surface area contributed by atoms with Crippen LogP contribution < -0.4 is 10.6 Å². The number of nitrogens with one attached hydrogen (secondary N) is 2. The molecule has 0 spiro atoms. The fourth-order valence-electron chi connectivity index (χ4n) is 4.81. The first-order valence-corrected chi connectivity index (χ1v) is 10.8. The van der Waals surface area contributed by atoms with E-state index in [0.29, 0.717) is 12.0 Å². The summed E-state index contributed by atoms with van der Waals surface area (Å²) < 4.78 is 0. The van der Waals surface area contributed by atoms with Crippen LogP contribution in [0.2, 0.25) is 0 Å². The number of fused-ring (bicyclic) bond motifs is 1. The molecule has 6 heteroatoms. The first kappa shape index (κ1) is 17.4. The van der Waals surface area contributed by atoms with Gasteiger partial charge in [-0.2, -0.15) is 0 Å². The Bertz CT molecular complexity index is 590. The van der Waals surface area contributed by atoms with Gasteiger partial charge in [-0.1, -0.05) is 19.8 Å². The van der Waals surface area contributed by atoms with E-state index in [2.05, 4.69) is 32.8 Å². The highest BCUT2D eigenvalue weighted by molar-refractivity contribution is 7.13. The quantitative estimate of drug-likeness (QED) is 0.863. The van der Waals surface area contributed by atoms with Crippen LogP contribution in [-0.4, -0.2) is 41.0 Å². The molecule has 25 heavy (non-hydrogen) atoms. The van der Waals surface area contributed by atoms with Crippen molar-refractivity contribution in [2.45, 2.75) is 70.5 Å². The van der Waals surface area contributed by atoms with Crippen molar-refractivity contribution in [2.75, 3.05) is 18.4 Å². The van der Waals surface area contributed by atoms with Crippen LogP contribution >= 0.6 is 11.3 Å². The summed E-state index contributed by atoms with van der Waals surface area (Å²) >= 11 is 1.55. The van der Waals surface area contributed by atoms with Crippen LogP contribution in [0.1, 0.15) is 57.6 Å². The number of thiazole rings is 1. The molecule has 1 aliphatic carbocycles. The van der Waals surface area contributed by atoms with Gasteiger partial charge >= 0.3 is 0 Å². The monoisotopic (exact) mass is 362 g/mol. The fraction of sp³-hybridized carbons (Fsp3) is 0.789. The van der Waals surface area contributed by atoms with E-state index < -0.39 is 0 Å². The maximum absolute atomic E-state index is 12.6. The van der Waals surface area contributed by atoms with E-state index in [1.54, 1.807) is 11.3 Å². The second-order valence-corrected chi connectivity index (χ2v) is 9.08. The molecule has 3 heterocycles. The van der Waals surface area contributed by atoms with Crippen molar-refractivity contribution in [3.63, 3.8) is 0 Å². The van der Waals surface area contributed by atoms with E-state index in [9.17, 15) is 4.79 Å². The van der Waals surface area contributed by atoms with Crippen molar-refractivity contribution in [1.29, 1.82) is 0 Å². The largest absolute Gasteiger partial charge is 0.303 e. The first-order chi connectivity index (χ1) is 12.2. The molecule has 4 rings (SSSR count). The highest BCUT2D eigenvalue weighted by Crippen LogP contribution is 2.33. The van der Waals surface area contributed by atoms with E-state index in [1.807, 2.05) is 0 Å². The van der Waals surface area contributed by atoms with Crippen molar-refractivity contribution in [3.05, 3.63) is 11.1 Å². The Morgan fingerprint density at radius 2 is 2.24 bits per heavy atom. The molecule has 2 aliphatic heterocycles. The minimum Gasteiger partial charge on any atom is -0.303 e. The molecule has 0 bridgehead atoms. The number of amides is 1. The highest BCUT2D eigenvalue weighted by Gasteiger charge is 2.38. The average molecular weight is 363 g/mol. The minimum absolute atomic E-state index is 0.0385. The first-order valence-electron chi connectivity index (χ1n) is 9.91. The molecule has 3 fully saturated rings. The maximum Gasteiger partial charge on any atom is 0.243 e. The third-order valence-corrected chi connectivity index (χ3v) is 6.89. The number of nitrogens with zero attached hydrogens (tertiary/aromatic N) is 2. The Hall–Kier alpha value is -0.980. The van der Waals surface area contributed by atoms with Gasteiger partial charge in [-0.15, -0.1) is 11.3 Å². The third kappa shape index (κ3) is 4.23. The van der Waals surface area contributed by atoms with E-state index in [-0.39, 0.29) is 11.9 Å². The van der Waals surface area contributed by atoms with Crippen molar-refractivity contribution in [1.82, 2.24) is 15.2 Å². The summed E-state index contributed by atoms with van der Waals surface area (Å²) in [5, 5.41) is 9.44. The molecule has 0 radical (unpaired) electrons. The summed E-state index contributed by atoms with van der Waals surface area (Å²) in [6, 6.07) is 0.515. The zero-order valence-corrected chi connectivity index (χ0v) is 16.0. The molecule has 138 valence electrons. The van der Waals surface area contributed by atoms with E-state index >= 15 is 0 Å². The lowest BCUT2D eigenvalue weighted by molar-refractivity contribution is -0.117. The summed E-state index contributed by atoms with van der Waals surface area (Å²) in [5.74, 6) is 1.57. The smallest absolute Gasteiger partial charge is 0.243 e. The maximum atomic E-state index is 12.6. The zero-order chi connectivity index (χ0) is 17.2. The molecule has 0 aromatic carbocycles. The Labute approximate surface area is 154 Å². The Kier molecular flexibility index (Phi) is 5.39. The normalized spacial score (nSPS) is 33.2. The van der Waals surface area contributed by atoms with Crippen LogP contribution in [0.3, 0.4) is 0 Å². The Morgan fingerprint density at radius 1 is 1.36 bits per heavy atom. The average Bonchev–Trinajstić information content (AvgIpc) is 3.21. The Balaban J connectivity index is 1.29. The van der Waals surface area contributed by atoms with Crippen LogP contribution in [0.15, 0.2) is 5.38 Å². The van der Waals surface area contributed by atoms with Gasteiger partial charge in [0.1, 0.15) is 0 Å². The van der Waals surface area contributed by atoms with E-state index in [4.69, 9.17) is 0 Å². The number of piperidine rings is 1. The lowest BCUT2D eigenvalue weighted by Gasteiger charge is -2.30. The van der Waals surface area contributed by atoms with Gasteiger partial charge < -0.3 is 10.6 Å². The van der Waals surface area contributed by atoms with Gasteiger partial charge in [-0.05, 0) is 50.5 Å². The topological polar surface area (TPSA) is 57.3 Å². The molecule has 1 aromatic rings. The molecular weight excluding hydrogens is 332 g/mol. The second kappa shape index (κ2) is 7.72. The molecule has 2 N–H and O–H groups in total. The van der Waals surface area contributed by atoms with Crippen molar-refractivity contribution < 1.29 is 4.79 Å². The highest BCUT2D eigenvalue weighted by atomic mass is 32.1. The number of aromatic nitrogens is 1. The molecule has 1 aromatic heterocycles. The minimum atomic E-state index is -0.0385. The number of carbonyl (C=O) groups is 1. The van der Waals surface area contributed by atoms with Gasteiger partial charge in [0.2, 0.25) is 5.91 Å². The number of carbonyl (C=O) groups excluding carboxylic acids is 1. The predicted molar refractivity (Wildman–Crippen MR) is 102 cm³/mol.